The van der Waals surface area contributed by atoms with Gasteiger partial charge in [-0.05, 0) is 44.1 Å². The van der Waals surface area contributed by atoms with E-state index in [1.165, 1.54) is 141 Å². The minimum Gasteiger partial charge on any atom is -0.462 e. The Bertz CT molecular complexity index is 913. The second-order valence-electron chi connectivity index (χ2n) is 14.8. The van der Waals surface area contributed by atoms with Crippen LogP contribution in [0, 0.1) is 0 Å². The molecule has 51 heavy (non-hydrogen) atoms. The molecule has 0 aromatic heterocycles. The van der Waals surface area contributed by atoms with E-state index in [1.54, 1.807) is 0 Å². The summed E-state index contributed by atoms with van der Waals surface area (Å²) < 4.78 is 17.2. The fourth-order valence-electron chi connectivity index (χ4n) is 6.48. The van der Waals surface area contributed by atoms with Crippen molar-refractivity contribution in [2.75, 3.05) is 13.2 Å². The Labute approximate surface area is 315 Å². The minimum atomic E-state index is -0.589. The van der Waals surface area contributed by atoms with E-state index in [9.17, 15) is 9.59 Å². The molecule has 0 aliphatic heterocycles. The van der Waals surface area contributed by atoms with Gasteiger partial charge in [0.05, 0.1) is 13.2 Å². The molecule has 1 rings (SSSR count). The van der Waals surface area contributed by atoms with E-state index in [4.69, 9.17) is 14.2 Å². The normalized spacial score (nSPS) is 12.0. The molecule has 294 valence electrons. The summed E-state index contributed by atoms with van der Waals surface area (Å²) in [5.41, 5.74) is 1.06. The third kappa shape index (κ3) is 33.4. The Morgan fingerprint density at radius 1 is 0.510 bits per heavy atom. The number of hydrogen-bond donors (Lipinski definition) is 0. The highest BCUT2D eigenvalue weighted by atomic mass is 16.6. The van der Waals surface area contributed by atoms with Crippen LogP contribution in [0.5, 0.6) is 0 Å². The van der Waals surface area contributed by atoms with Gasteiger partial charge in [-0.1, -0.05) is 198 Å². The highest BCUT2D eigenvalue weighted by Crippen LogP contribution is 2.15. The molecule has 0 bridgehead atoms. The van der Waals surface area contributed by atoms with E-state index in [2.05, 4.69) is 26.0 Å². The van der Waals surface area contributed by atoms with Crippen molar-refractivity contribution in [3.05, 3.63) is 48.0 Å². The first-order valence-corrected chi connectivity index (χ1v) is 21.8. The molecule has 0 heterocycles. The van der Waals surface area contributed by atoms with Crippen molar-refractivity contribution >= 4 is 11.9 Å². The minimum absolute atomic E-state index is 0.0461. The third-order valence-corrected chi connectivity index (χ3v) is 9.77. The number of rotatable bonds is 38. The number of allylic oxidation sites excluding steroid dienone is 2. The van der Waals surface area contributed by atoms with Gasteiger partial charge in [0, 0.05) is 12.8 Å². The number of carbonyl (C=O) groups excluding carboxylic acids is 2. The Kier molecular flexibility index (Phi) is 34.6. The van der Waals surface area contributed by atoms with Crippen LogP contribution in [-0.2, 0) is 30.4 Å². The molecule has 0 unspecified atom stereocenters. The summed E-state index contributed by atoms with van der Waals surface area (Å²) in [6, 6.07) is 9.94. The number of hydrogen-bond acceptors (Lipinski definition) is 5. The van der Waals surface area contributed by atoms with E-state index in [1.807, 2.05) is 30.3 Å². The first-order valence-electron chi connectivity index (χ1n) is 21.8. The van der Waals surface area contributed by atoms with E-state index in [0.29, 0.717) is 19.4 Å². The van der Waals surface area contributed by atoms with Crippen molar-refractivity contribution in [1.29, 1.82) is 0 Å². The molecule has 0 radical (unpaired) electrons. The van der Waals surface area contributed by atoms with Crippen LogP contribution < -0.4 is 0 Å². The summed E-state index contributed by atoms with van der Waals surface area (Å²) >= 11 is 0. The van der Waals surface area contributed by atoms with Crippen molar-refractivity contribution < 1.29 is 23.8 Å². The van der Waals surface area contributed by atoms with Gasteiger partial charge in [0.25, 0.3) is 0 Å². The molecule has 0 saturated carbocycles. The molecule has 0 amide bonds. The Hall–Kier alpha value is -2.14. The molecule has 5 nitrogen and oxygen atoms in total. The molecule has 0 aliphatic rings. The number of esters is 2. The fraction of sp³-hybridized carbons (Fsp3) is 0.783. The van der Waals surface area contributed by atoms with Crippen LogP contribution in [0.25, 0.3) is 0 Å². The lowest BCUT2D eigenvalue weighted by Crippen LogP contribution is -2.29. The largest absolute Gasteiger partial charge is 0.462 e. The van der Waals surface area contributed by atoms with Crippen molar-refractivity contribution in [3.8, 4) is 0 Å². The molecule has 0 N–H and O–H groups in total. The predicted molar refractivity (Wildman–Crippen MR) is 216 cm³/mol. The maximum absolute atomic E-state index is 12.7. The first-order chi connectivity index (χ1) is 25.2. The zero-order valence-electron chi connectivity index (χ0n) is 33.5. The van der Waals surface area contributed by atoms with Crippen LogP contribution in [0.4, 0.5) is 0 Å². The average Bonchev–Trinajstić information content (AvgIpc) is 3.14. The second kappa shape index (κ2) is 37.6. The zero-order valence-corrected chi connectivity index (χ0v) is 33.5. The fourth-order valence-corrected chi connectivity index (χ4v) is 6.48. The van der Waals surface area contributed by atoms with Gasteiger partial charge in [0.15, 0.2) is 6.10 Å². The van der Waals surface area contributed by atoms with Crippen LogP contribution in [-0.4, -0.2) is 31.3 Å². The molecule has 1 atom stereocenters. The molecular weight excluding hydrogens is 633 g/mol. The number of carbonyl (C=O) groups is 2. The summed E-state index contributed by atoms with van der Waals surface area (Å²) in [5, 5.41) is 0. The number of ether oxygens (including phenoxy) is 3. The van der Waals surface area contributed by atoms with E-state index < -0.39 is 6.10 Å². The molecule has 0 aliphatic carbocycles. The van der Waals surface area contributed by atoms with E-state index in [0.717, 1.165) is 44.1 Å². The third-order valence-electron chi connectivity index (χ3n) is 9.77. The Morgan fingerprint density at radius 2 is 0.922 bits per heavy atom. The van der Waals surface area contributed by atoms with Gasteiger partial charge in [-0.15, -0.1) is 0 Å². The van der Waals surface area contributed by atoms with E-state index in [-0.39, 0.29) is 25.2 Å². The zero-order chi connectivity index (χ0) is 36.7. The highest BCUT2D eigenvalue weighted by Gasteiger charge is 2.18. The van der Waals surface area contributed by atoms with Crippen LogP contribution >= 0.6 is 0 Å². The van der Waals surface area contributed by atoms with Gasteiger partial charge in [0.2, 0.25) is 0 Å². The lowest BCUT2D eigenvalue weighted by molar-refractivity contribution is -0.163. The molecule has 0 spiro atoms. The molecule has 1 aromatic carbocycles. The second-order valence-corrected chi connectivity index (χ2v) is 14.8. The molecule has 1 aromatic rings. The SMILES string of the molecule is CCCCCCCC/C=C\CCCCCCCC(=O)O[C@H](COCc1ccccc1)COC(=O)CCCCCCCCCCCCCCCCC. The topological polar surface area (TPSA) is 61.8 Å². The van der Waals surface area contributed by atoms with Crippen molar-refractivity contribution in [1.82, 2.24) is 0 Å². The van der Waals surface area contributed by atoms with Crippen molar-refractivity contribution in [3.63, 3.8) is 0 Å². The first kappa shape index (κ1) is 46.9. The summed E-state index contributed by atoms with van der Waals surface area (Å²) in [5.74, 6) is -0.453. The predicted octanol–water partition coefficient (Wildman–Crippen LogP) is 14.0. The monoisotopic (exact) mass is 713 g/mol. The smallest absolute Gasteiger partial charge is 0.306 e. The summed E-state index contributed by atoms with van der Waals surface area (Å²) in [6.07, 6.45) is 40.3. The van der Waals surface area contributed by atoms with Crippen LogP contribution in [0.1, 0.15) is 212 Å². The Balaban J connectivity index is 2.15. The lowest BCUT2D eigenvalue weighted by atomic mass is 10.0. The van der Waals surface area contributed by atoms with Crippen LogP contribution in [0.3, 0.4) is 0 Å². The summed E-state index contributed by atoms with van der Waals surface area (Å²) in [7, 11) is 0. The van der Waals surface area contributed by atoms with Gasteiger partial charge < -0.3 is 14.2 Å². The number of unbranched alkanes of at least 4 members (excludes halogenated alkanes) is 25. The van der Waals surface area contributed by atoms with E-state index >= 15 is 0 Å². The van der Waals surface area contributed by atoms with Crippen molar-refractivity contribution in [2.45, 2.75) is 219 Å². The van der Waals surface area contributed by atoms with Gasteiger partial charge in [0.1, 0.15) is 6.61 Å². The standard InChI is InChI=1S/C46H80O5/c1-3-5-7-9-11-13-15-17-19-21-23-25-27-29-34-38-45(47)50-42-44(41-49-40-43-36-32-31-33-37-43)51-46(48)39-35-30-28-26-24-22-20-18-16-14-12-10-8-6-4-2/h18,20,31-33,36-37,44H,3-17,19,21-30,34-35,38-42H2,1-2H3/b20-18-/t44-/m1/s1. The number of benzene rings is 1. The summed E-state index contributed by atoms with van der Waals surface area (Å²) in [4.78, 5) is 25.2. The maximum atomic E-state index is 12.7. The van der Waals surface area contributed by atoms with Gasteiger partial charge in [-0.25, -0.2) is 0 Å². The molecule has 5 heteroatoms. The van der Waals surface area contributed by atoms with Crippen LogP contribution in [0.2, 0.25) is 0 Å². The van der Waals surface area contributed by atoms with Crippen LogP contribution in [0.15, 0.2) is 42.5 Å². The van der Waals surface area contributed by atoms with Gasteiger partial charge in [-0.2, -0.15) is 0 Å². The quantitative estimate of drug-likeness (QED) is 0.0388. The lowest BCUT2D eigenvalue weighted by Gasteiger charge is -2.18. The van der Waals surface area contributed by atoms with Gasteiger partial charge in [-0.3, -0.25) is 9.59 Å². The molecule has 0 fully saturated rings. The van der Waals surface area contributed by atoms with Gasteiger partial charge >= 0.3 is 11.9 Å². The van der Waals surface area contributed by atoms with Crippen molar-refractivity contribution in [2.24, 2.45) is 0 Å². The average molecular weight is 713 g/mol. The molecular formula is C46H80O5. The Morgan fingerprint density at radius 3 is 1.39 bits per heavy atom. The summed E-state index contributed by atoms with van der Waals surface area (Å²) in [6.45, 7) is 5.22. The highest BCUT2D eigenvalue weighted by molar-refractivity contribution is 5.70. The molecule has 0 saturated heterocycles. The maximum Gasteiger partial charge on any atom is 0.306 e.